The Hall–Kier alpha value is -2.39. The zero-order chi connectivity index (χ0) is 20.2. The smallest absolute Gasteiger partial charge is 0.410 e. The minimum Gasteiger partial charge on any atom is -0.444 e. The van der Waals surface area contributed by atoms with Crippen LogP contribution in [-0.4, -0.2) is 66.0 Å². The highest BCUT2D eigenvalue weighted by atomic mass is 16.6. The van der Waals surface area contributed by atoms with Crippen LogP contribution in [0.25, 0.3) is 0 Å². The number of ether oxygens (including phenoxy) is 2. The molecule has 9 heteroatoms. The van der Waals surface area contributed by atoms with E-state index in [1.165, 1.54) is 12.1 Å². The van der Waals surface area contributed by atoms with Crippen molar-refractivity contribution in [2.45, 2.75) is 39.0 Å². The van der Waals surface area contributed by atoms with Crippen LogP contribution in [0.15, 0.2) is 18.2 Å². The third kappa shape index (κ3) is 5.30. The number of nitro groups is 1. The Balaban J connectivity index is 2.21. The van der Waals surface area contributed by atoms with E-state index in [0.29, 0.717) is 37.5 Å². The zero-order valence-electron chi connectivity index (χ0n) is 16.2. The Morgan fingerprint density at radius 1 is 1.37 bits per heavy atom. The molecule has 0 unspecified atom stereocenters. The van der Waals surface area contributed by atoms with E-state index in [0.717, 1.165) is 0 Å². The lowest BCUT2D eigenvalue weighted by Gasteiger charge is -2.42. The molecule has 150 valence electrons. The highest BCUT2D eigenvalue weighted by molar-refractivity contribution is 5.69. The summed E-state index contributed by atoms with van der Waals surface area (Å²) in [6.45, 7) is 6.88. The molecular weight excluding hydrogens is 354 g/mol. The summed E-state index contributed by atoms with van der Waals surface area (Å²) in [6.07, 6.45) is -0.393. The monoisotopic (exact) mass is 381 g/mol. The van der Waals surface area contributed by atoms with Gasteiger partial charge in [-0.1, -0.05) is 0 Å². The minimum atomic E-state index is -0.589. The van der Waals surface area contributed by atoms with Crippen LogP contribution in [0.2, 0.25) is 0 Å². The van der Waals surface area contributed by atoms with Gasteiger partial charge in [-0.05, 0) is 26.8 Å². The number of aliphatic hydroxyl groups is 1. The molecule has 0 spiro atoms. The molecule has 1 heterocycles. The molecule has 1 N–H and O–H groups in total. The van der Waals surface area contributed by atoms with Crippen LogP contribution in [0.1, 0.15) is 26.3 Å². The molecule has 1 aliphatic rings. The number of nitro benzene ring substituents is 1. The van der Waals surface area contributed by atoms with Gasteiger partial charge in [-0.2, -0.15) is 0 Å². The third-order valence-corrected chi connectivity index (χ3v) is 4.25. The zero-order valence-corrected chi connectivity index (χ0v) is 16.2. The predicted molar refractivity (Wildman–Crippen MR) is 99.8 cm³/mol. The fraction of sp³-hybridized carbons (Fsp3) is 0.611. The fourth-order valence-corrected chi connectivity index (χ4v) is 3.09. The van der Waals surface area contributed by atoms with Crippen LogP contribution >= 0.6 is 0 Å². The molecule has 0 saturated carbocycles. The maximum atomic E-state index is 12.5. The van der Waals surface area contributed by atoms with Gasteiger partial charge < -0.3 is 19.5 Å². The summed E-state index contributed by atoms with van der Waals surface area (Å²) in [4.78, 5) is 26.6. The number of hydrogen-bond acceptors (Lipinski definition) is 7. The maximum absolute atomic E-state index is 12.5. The van der Waals surface area contributed by atoms with Crippen LogP contribution in [-0.2, 0) is 16.1 Å². The van der Waals surface area contributed by atoms with Gasteiger partial charge >= 0.3 is 6.09 Å². The molecule has 1 fully saturated rings. The van der Waals surface area contributed by atoms with Crippen molar-refractivity contribution in [1.29, 1.82) is 0 Å². The highest BCUT2D eigenvalue weighted by Crippen LogP contribution is 2.28. The van der Waals surface area contributed by atoms with Gasteiger partial charge in [0.25, 0.3) is 5.69 Å². The molecule has 1 aliphatic heterocycles. The number of benzene rings is 1. The Labute approximate surface area is 158 Å². The van der Waals surface area contributed by atoms with Gasteiger partial charge in [0, 0.05) is 50.1 Å². The standard InChI is InChI=1S/C18H27N3O6/c1-18(2,3)27-17(23)20-8-7-19(10-15(20)12-26-4)16-6-5-14(21(24)25)9-13(16)11-22/h5-6,9,15,22H,7-8,10-12H2,1-4H3/t15-/m1/s1. The lowest BCUT2D eigenvalue weighted by molar-refractivity contribution is -0.384. The van der Waals surface area contributed by atoms with Crippen molar-refractivity contribution in [3.05, 3.63) is 33.9 Å². The van der Waals surface area contributed by atoms with E-state index >= 15 is 0 Å². The molecule has 27 heavy (non-hydrogen) atoms. The number of hydrogen-bond donors (Lipinski definition) is 1. The predicted octanol–water partition coefficient (Wildman–Crippen LogP) is 2.16. The van der Waals surface area contributed by atoms with Crippen LogP contribution < -0.4 is 4.90 Å². The van der Waals surface area contributed by atoms with E-state index < -0.39 is 16.6 Å². The van der Waals surface area contributed by atoms with Gasteiger partial charge in [-0.3, -0.25) is 15.0 Å². The quantitative estimate of drug-likeness (QED) is 0.615. The number of carbonyl (C=O) groups is 1. The first-order valence-electron chi connectivity index (χ1n) is 8.78. The van der Waals surface area contributed by atoms with Crippen molar-refractivity contribution < 1.29 is 24.3 Å². The van der Waals surface area contributed by atoms with Gasteiger partial charge in [0.15, 0.2) is 0 Å². The second-order valence-electron chi connectivity index (χ2n) is 7.46. The third-order valence-electron chi connectivity index (χ3n) is 4.25. The molecule has 1 aromatic rings. The molecule has 0 radical (unpaired) electrons. The van der Waals surface area contributed by atoms with E-state index in [1.54, 1.807) is 18.1 Å². The number of non-ortho nitro benzene ring substituents is 1. The maximum Gasteiger partial charge on any atom is 0.410 e. The molecule has 1 amide bonds. The number of amides is 1. The molecule has 0 aliphatic carbocycles. The number of methoxy groups -OCH3 is 1. The number of piperazine rings is 1. The second-order valence-corrected chi connectivity index (χ2v) is 7.46. The van der Waals surface area contributed by atoms with Crippen LogP contribution in [0.4, 0.5) is 16.2 Å². The summed E-state index contributed by atoms with van der Waals surface area (Å²) in [7, 11) is 1.57. The molecule has 0 bridgehead atoms. The Kier molecular flexibility index (Phi) is 6.61. The summed E-state index contributed by atoms with van der Waals surface area (Å²) >= 11 is 0. The number of carbonyl (C=O) groups excluding carboxylic acids is 1. The largest absolute Gasteiger partial charge is 0.444 e. The van der Waals surface area contributed by atoms with E-state index in [2.05, 4.69) is 0 Å². The molecule has 1 atom stereocenters. The molecule has 1 saturated heterocycles. The summed E-state index contributed by atoms with van der Waals surface area (Å²) in [6, 6.07) is 4.19. The average Bonchev–Trinajstić information content (AvgIpc) is 2.59. The highest BCUT2D eigenvalue weighted by Gasteiger charge is 2.34. The second kappa shape index (κ2) is 8.53. The van der Waals surface area contributed by atoms with E-state index in [4.69, 9.17) is 9.47 Å². The first-order chi connectivity index (χ1) is 12.7. The van der Waals surface area contributed by atoms with Gasteiger partial charge in [0.1, 0.15) is 5.60 Å². The minimum absolute atomic E-state index is 0.0661. The first-order valence-corrected chi connectivity index (χ1v) is 8.78. The normalized spacial score (nSPS) is 17.7. The SMILES string of the molecule is COC[C@H]1CN(c2ccc([N+](=O)[O-])cc2CO)CCN1C(=O)OC(C)(C)C. The van der Waals surface area contributed by atoms with Gasteiger partial charge in [0.05, 0.1) is 24.2 Å². The molecule has 9 nitrogen and oxygen atoms in total. The van der Waals surface area contributed by atoms with Crippen molar-refractivity contribution in [1.82, 2.24) is 4.90 Å². The lowest BCUT2D eigenvalue weighted by Crippen LogP contribution is -2.58. The number of rotatable bonds is 5. The number of aliphatic hydroxyl groups excluding tert-OH is 1. The molecule has 0 aromatic heterocycles. The average molecular weight is 381 g/mol. The van der Waals surface area contributed by atoms with Gasteiger partial charge in [-0.25, -0.2) is 4.79 Å². The molecule has 1 aromatic carbocycles. The van der Waals surface area contributed by atoms with Crippen molar-refractivity contribution >= 4 is 17.5 Å². The molecular formula is C18H27N3O6. The van der Waals surface area contributed by atoms with Gasteiger partial charge in [-0.15, -0.1) is 0 Å². The van der Waals surface area contributed by atoms with Crippen LogP contribution in [0.3, 0.4) is 0 Å². The summed E-state index contributed by atoms with van der Waals surface area (Å²) < 4.78 is 10.7. The van der Waals surface area contributed by atoms with Crippen LogP contribution in [0, 0.1) is 10.1 Å². The fourth-order valence-electron chi connectivity index (χ4n) is 3.09. The van der Waals surface area contributed by atoms with Crippen LogP contribution in [0.5, 0.6) is 0 Å². The lowest BCUT2D eigenvalue weighted by atomic mass is 10.1. The number of nitrogens with zero attached hydrogens (tertiary/aromatic N) is 3. The van der Waals surface area contributed by atoms with Crippen molar-refractivity contribution in [2.24, 2.45) is 0 Å². The van der Waals surface area contributed by atoms with Crippen molar-refractivity contribution in [2.75, 3.05) is 38.3 Å². The Morgan fingerprint density at radius 3 is 2.63 bits per heavy atom. The first kappa shape index (κ1) is 20.9. The van der Waals surface area contributed by atoms with E-state index in [9.17, 15) is 20.0 Å². The van der Waals surface area contributed by atoms with E-state index in [1.807, 2.05) is 25.7 Å². The Morgan fingerprint density at radius 2 is 2.07 bits per heavy atom. The van der Waals surface area contributed by atoms with Crippen molar-refractivity contribution in [3.63, 3.8) is 0 Å². The summed E-state index contributed by atoms with van der Waals surface area (Å²) in [5.74, 6) is 0. The van der Waals surface area contributed by atoms with Gasteiger partial charge in [0.2, 0.25) is 0 Å². The summed E-state index contributed by atoms with van der Waals surface area (Å²) in [5, 5.41) is 20.6. The number of anilines is 1. The Bertz CT molecular complexity index is 688. The molecule has 2 rings (SSSR count). The van der Waals surface area contributed by atoms with E-state index in [-0.39, 0.29) is 18.3 Å². The topological polar surface area (TPSA) is 105 Å². The summed E-state index contributed by atoms with van der Waals surface area (Å²) in [5.41, 5.74) is 0.539. The van der Waals surface area contributed by atoms with Crippen molar-refractivity contribution in [3.8, 4) is 0 Å².